The van der Waals surface area contributed by atoms with Crippen molar-refractivity contribution in [2.24, 2.45) is 5.92 Å². The van der Waals surface area contributed by atoms with Gasteiger partial charge < -0.3 is 5.32 Å². The molecule has 0 aliphatic heterocycles. The van der Waals surface area contributed by atoms with Crippen molar-refractivity contribution in [3.63, 3.8) is 0 Å². The van der Waals surface area contributed by atoms with Gasteiger partial charge in [0.05, 0.1) is 11.6 Å². The summed E-state index contributed by atoms with van der Waals surface area (Å²) in [4.78, 5) is 0. The lowest BCUT2D eigenvalue weighted by Crippen LogP contribution is -2.41. The monoisotopic (exact) mass is 349 g/mol. The highest BCUT2D eigenvalue weighted by atomic mass is 79.9. The Labute approximate surface area is 126 Å². The zero-order valence-electron chi connectivity index (χ0n) is 11.6. The Balaban J connectivity index is 2.23. The fourth-order valence-corrected chi connectivity index (χ4v) is 3.77. The molecule has 2 atom stereocenters. The summed E-state index contributed by atoms with van der Waals surface area (Å²) in [5.74, 6) is -1.25. The molecule has 1 saturated carbocycles. The molecule has 1 nitrogen and oxygen atoms in total. The van der Waals surface area contributed by atoms with E-state index in [4.69, 9.17) is 0 Å². The molecule has 0 heterocycles. The van der Waals surface area contributed by atoms with Gasteiger partial charge in [0.2, 0.25) is 0 Å². The van der Waals surface area contributed by atoms with Crippen LogP contribution in [0.15, 0.2) is 16.6 Å². The molecule has 1 aliphatic carbocycles. The van der Waals surface area contributed by atoms with E-state index >= 15 is 0 Å². The minimum Gasteiger partial charge on any atom is -0.381 e. The third kappa shape index (κ3) is 3.48. The first-order valence-electron chi connectivity index (χ1n) is 6.89. The molecule has 1 N–H and O–H groups in total. The van der Waals surface area contributed by atoms with Gasteiger partial charge in [0.1, 0.15) is 0 Å². The molecule has 2 rings (SSSR count). The largest absolute Gasteiger partial charge is 0.393 e. The standard InChI is InChI=1S/C15H19BrF3N/c1-9-7-10(2)14(12(16)8-9)20-13-6-4-3-5-11(13)15(17,18)19/h7-8,11,13,20H,3-6H2,1-2H3. The van der Waals surface area contributed by atoms with Crippen molar-refractivity contribution in [2.45, 2.75) is 51.7 Å². The predicted octanol–water partition coefficient (Wildman–Crippen LogP) is 5.60. The van der Waals surface area contributed by atoms with Crippen LogP contribution < -0.4 is 5.32 Å². The summed E-state index contributed by atoms with van der Waals surface area (Å²) < 4.78 is 40.2. The van der Waals surface area contributed by atoms with Gasteiger partial charge in [-0.2, -0.15) is 13.2 Å². The van der Waals surface area contributed by atoms with E-state index in [1.165, 1.54) is 0 Å². The third-order valence-electron chi connectivity index (χ3n) is 3.95. The molecule has 112 valence electrons. The Morgan fingerprint density at radius 1 is 1.15 bits per heavy atom. The van der Waals surface area contributed by atoms with Gasteiger partial charge in [0, 0.05) is 10.5 Å². The molecule has 0 aromatic heterocycles. The van der Waals surface area contributed by atoms with Gasteiger partial charge in [-0.05, 0) is 59.8 Å². The van der Waals surface area contributed by atoms with Crippen LogP contribution in [0.5, 0.6) is 0 Å². The number of alkyl halides is 3. The van der Waals surface area contributed by atoms with Crippen molar-refractivity contribution in [1.29, 1.82) is 0 Å². The van der Waals surface area contributed by atoms with Crippen LogP contribution >= 0.6 is 15.9 Å². The van der Waals surface area contributed by atoms with Crippen LogP contribution in [0.3, 0.4) is 0 Å². The van der Waals surface area contributed by atoms with Gasteiger partial charge >= 0.3 is 6.18 Å². The summed E-state index contributed by atoms with van der Waals surface area (Å²) in [6, 6.07) is 3.39. The van der Waals surface area contributed by atoms with Crippen molar-refractivity contribution in [1.82, 2.24) is 0 Å². The highest BCUT2D eigenvalue weighted by Gasteiger charge is 2.45. The second-order valence-corrected chi connectivity index (χ2v) is 6.48. The van der Waals surface area contributed by atoms with E-state index in [-0.39, 0.29) is 6.42 Å². The molecule has 1 aromatic rings. The van der Waals surface area contributed by atoms with Gasteiger partial charge in [-0.3, -0.25) is 0 Å². The molecule has 1 fully saturated rings. The normalized spacial score (nSPS) is 23.7. The van der Waals surface area contributed by atoms with Crippen LogP contribution in [0.1, 0.15) is 36.8 Å². The third-order valence-corrected chi connectivity index (χ3v) is 4.57. The zero-order chi connectivity index (χ0) is 14.9. The average molecular weight is 350 g/mol. The van der Waals surface area contributed by atoms with E-state index in [0.717, 1.165) is 27.7 Å². The SMILES string of the molecule is Cc1cc(C)c(NC2CCCCC2C(F)(F)F)c(Br)c1. The molecule has 0 saturated heterocycles. The quantitative estimate of drug-likeness (QED) is 0.732. The first-order valence-corrected chi connectivity index (χ1v) is 7.68. The first-order chi connectivity index (χ1) is 9.29. The lowest BCUT2D eigenvalue weighted by atomic mass is 9.83. The minimum absolute atomic E-state index is 0.226. The number of hydrogen-bond acceptors (Lipinski definition) is 1. The molecule has 1 aromatic carbocycles. The molecule has 0 radical (unpaired) electrons. The van der Waals surface area contributed by atoms with Crippen LogP contribution in [-0.4, -0.2) is 12.2 Å². The van der Waals surface area contributed by atoms with Crippen LogP contribution in [0, 0.1) is 19.8 Å². The fourth-order valence-electron chi connectivity index (χ4n) is 2.98. The predicted molar refractivity (Wildman–Crippen MR) is 79.0 cm³/mol. The Morgan fingerprint density at radius 2 is 1.80 bits per heavy atom. The van der Waals surface area contributed by atoms with Gasteiger partial charge in [-0.1, -0.05) is 18.9 Å². The summed E-state index contributed by atoms with van der Waals surface area (Å²) >= 11 is 3.45. The Morgan fingerprint density at radius 3 is 2.40 bits per heavy atom. The van der Waals surface area contributed by atoms with Crippen molar-refractivity contribution in [3.8, 4) is 0 Å². The zero-order valence-corrected chi connectivity index (χ0v) is 13.2. The van der Waals surface area contributed by atoms with E-state index in [2.05, 4.69) is 21.2 Å². The molecular weight excluding hydrogens is 331 g/mol. The molecule has 2 unspecified atom stereocenters. The molecule has 0 bridgehead atoms. The fraction of sp³-hybridized carbons (Fsp3) is 0.600. The van der Waals surface area contributed by atoms with Crippen molar-refractivity contribution in [2.75, 3.05) is 5.32 Å². The van der Waals surface area contributed by atoms with Crippen LogP contribution in [-0.2, 0) is 0 Å². The van der Waals surface area contributed by atoms with Crippen molar-refractivity contribution in [3.05, 3.63) is 27.7 Å². The second-order valence-electron chi connectivity index (χ2n) is 5.62. The van der Waals surface area contributed by atoms with E-state index in [1.54, 1.807) is 0 Å². The summed E-state index contributed by atoms with van der Waals surface area (Å²) in [7, 11) is 0. The molecule has 5 heteroatoms. The van der Waals surface area contributed by atoms with Crippen LogP contribution in [0.2, 0.25) is 0 Å². The number of benzene rings is 1. The first kappa shape index (κ1) is 15.7. The smallest absolute Gasteiger partial charge is 0.381 e. The molecular formula is C15H19BrF3N. The maximum absolute atomic E-state index is 13.1. The van der Waals surface area contributed by atoms with Gasteiger partial charge in [-0.25, -0.2) is 0 Å². The minimum atomic E-state index is -4.12. The van der Waals surface area contributed by atoms with E-state index in [1.807, 2.05) is 26.0 Å². The van der Waals surface area contributed by atoms with Gasteiger partial charge in [-0.15, -0.1) is 0 Å². The van der Waals surface area contributed by atoms with E-state index in [0.29, 0.717) is 12.8 Å². The lowest BCUT2D eigenvalue weighted by Gasteiger charge is -2.34. The highest BCUT2D eigenvalue weighted by Crippen LogP contribution is 2.40. The number of anilines is 1. The maximum atomic E-state index is 13.1. The van der Waals surface area contributed by atoms with Crippen LogP contribution in [0.4, 0.5) is 18.9 Å². The number of aryl methyl sites for hydroxylation is 2. The topological polar surface area (TPSA) is 12.0 Å². The Kier molecular flexibility index (Phi) is 4.67. The Bertz CT molecular complexity index is 461. The van der Waals surface area contributed by atoms with Gasteiger partial charge in [0.25, 0.3) is 0 Å². The molecule has 0 spiro atoms. The number of rotatable bonds is 2. The molecule has 1 aliphatic rings. The second kappa shape index (κ2) is 5.96. The maximum Gasteiger partial charge on any atom is 0.393 e. The van der Waals surface area contributed by atoms with Crippen LogP contribution in [0.25, 0.3) is 0 Å². The summed E-state index contributed by atoms with van der Waals surface area (Å²) in [5.41, 5.74) is 2.86. The number of nitrogens with one attached hydrogen (secondary N) is 1. The summed E-state index contributed by atoms with van der Waals surface area (Å²) in [5, 5.41) is 3.13. The van der Waals surface area contributed by atoms with Crippen molar-refractivity contribution >= 4 is 21.6 Å². The number of hydrogen-bond donors (Lipinski definition) is 1. The van der Waals surface area contributed by atoms with Crippen molar-refractivity contribution < 1.29 is 13.2 Å². The molecule has 20 heavy (non-hydrogen) atoms. The Hall–Kier alpha value is -0.710. The molecule has 0 amide bonds. The average Bonchev–Trinajstić information content (AvgIpc) is 2.33. The lowest BCUT2D eigenvalue weighted by molar-refractivity contribution is -0.184. The highest BCUT2D eigenvalue weighted by molar-refractivity contribution is 9.10. The van der Waals surface area contributed by atoms with E-state index < -0.39 is 18.1 Å². The summed E-state index contributed by atoms with van der Waals surface area (Å²) in [6.07, 6.45) is -1.81. The number of halogens is 4. The van der Waals surface area contributed by atoms with Gasteiger partial charge in [0.15, 0.2) is 0 Å². The van der Waals surface area contributed by atoms with E-state index in [9.17, 15) is 13.2 Å². The summed E-state index contributed by atoms with van der Waals surface area (Å²) in [6.45, 7) is 3.90.